The van der Waals surface area contributed by atoms with Gasteiger partial charge < -0.3 is 30.6 Å². The molecule has 11 heteroatoms. The Kier molecular flexibility index (Phi) is 40.2. The highest BCUT2D eigenvalue weighted by atomic mass is 16.4. The average molecular weight is 761 g/mol. The third-order valence-electron chi connectivity index (χ3n) is 9.13. The number of carboxylic acids is 5. The molecular weight excluding hydrogens is 680 g/mol. The molecule has 11 nitrogen and oxygen atoms in total. The summed E-state index contributed by atoms with van der Waals surface area (Å²) in [6.07, 6.45) is 32.4. The molecule has 0 unspecified atom stereocenters. The smallest absolute Gasteiger partial charge is 0.336 e. The molecule has 0 aromatic carbocycles. The molecule has 0 aromatic rings. The lowest BCUT2D eigenvalue weighted by atomic mass is 9.96. The number of aliphatic hydroxyl groups is 1. The Balaban J connectivity index is -0.000000726. The van der Waals surface area contributed by atoms with Crippen LogP contribution >= 0.6 is 0 Å². The van der Waals surface area contributed by atoms with Crippen molar-refractivity contribution in [3.8, 4) is 0 Å². The molecule has 0 heterocycles. The molecule has 0 aliphatic carbocycles. The molecule has 0 aliphatic heterocycles. The SMILES string of the molecule is CC(C)CCCCCCCCCCCCCCC(=O)O.CC(C)CCCCCCCCCCCCCCC(=O)O.O=C(O)CC(O)(CC(=O)O)C(=O)O. The zero-order valence-electron chi connectivity index (χ0n) is 34.1. The fourth-order valence-electron chi connectivity index (χ4n) is 5.91. The minimum atomic E-state index is -2.74. The van der Waals surface area contributed by atoms with Crippen LogP contribution in [-0.2, 0) is 24.0 Å². The van der Waals surface area contributed by atoms with E-state index in [0.717, 1.165) is 37.5 Å². The molecule has 0 amide bonds. The average Bonchev–Trinajstić information content (AvgIpc) is 3.04. The van der Waals surface area contributed by atoms with Crippen molar-refractivity contribution in [3.63, 3.8) is 0 Å². The predicted molar refractivity (Wildman–Crippen MR) is 211 cm³/mol. The lowest BCUT2D eigenvalue weighted by Crippen LogP contribution is -2.42. The van der Waals surface area contributed by atoms with Gasteiger partial charge in [-0.1, -0.05) is 182 Å². The van der Waals surface area contributed by atoms with Crippen molar-refractivity contribution in [2.45, 2.75) is 226 Å². The Labute approximate surface area is 321 Å². The van der Waals surface area contributed by atoms with Gasteiger partial charge >= 0.3 is 29.8 Å². The van der Waals surface area contributed by atoms with Crippen molar-refractivity contribution >= 4 is 29.8 Å². The minimum absolute atomic E-state index is 0.344. The molecule has 0 aliphatic rings. The lowest BCUT2D eigenvalue weighted by molar-refractivity contribution is -0.170. The minimum Gasteiger partial charge on any atom is -0.481 e. The predicted octanol–water partition coefficient (Wildman–Crippen LogP) is 11.1. The molecule has 0 aromatic heterocycles. The summed E-state index contributed by atoms with van der Waals surface area (Å²) in [5, 5.41) is 50.8. The van der Waals surface area contributed by atoms with Crippen molar-refractivity contribution in [2.75, 3.05) is 0 Å². The van der Waals surface area contributed by atoms with Crippen LogP contribution in [-0.4, -0.2) is 66.1 Å². The maximum atomic E-state index is 10.3. The number of rotatable bonds is 35. The quantitative estimate of drug-likeness (QED) is 0.0335. The number of hydrogen-bond donors (Lipinski definition) is 6. The first-order valence-corrected chi connectivity index (χ1v) is 20.9. The first-order valence-electron chi connectivity index (χ1n) is 20.9. The summed E-state index contributed by atoms with van der Waals surface area (Å²) in [7, 11) is 0. The second kappa shape index (κ2) is 39.0. The summed E-state index contributed by atoms with van der Waals surface area (Å²) in [5.41, 5.74) is -2.74. The van der Waals surface area contributed by atoms with Gasteiger partial charge in [-0.3, -0.25) is 19.2 Å². The summed E-state index contributed by atoms with van der Waals surface area (Å²) < 4.78 is 0. The van der Waals surface area contributed by atoms with Gasteiger partial charge in [0.25, 0.3) is 0 Å². The van der Waals surface area contributed by atoms with Crippen LogP contribution in [0.3, 0.4) is 0 Å². The molecule has 6 N–H and O–H groups in total. The molecule has 0 rings (SSSR count). The largest absolute Gasteiger partial charge is 0.481 e. The Bertz CT molecular complexity index is 840. The summed E-state index contributed by atoms with van der Waals surface area (Å²) >= 11 is 0. The van der Waals surface area contributed by atoms with E-state index < -0.39 is 48.3 Å². The first kappa shape index (κ1) is 54.7. The Hall–Kier alpha value is -2.69. The normalized spacial score (nSPS) is 11.1. The summed E-state index contributed by atoms with van der Waals surface area (Å²) in [5.74, 6) is -4.60. The van der Waals surface area contributed by atoms with E-state index in [2.05, 4.69) is 27.7 Å². The van der Waals surface area contributed by atoms with Gasteiger partial charge in [0.15, 0.2) is 5.60 Å². The number of carboxylic acid groups (broad SMARTS) is 5. The van der Waals surface area contributed by atoms with Crippen molar-refractivity contribution < 1.29 is 54.6 Å². The lowest BCUT2D eigenvalue weighted by Gasteiger charge is -2.18. The van der Waals surface area contributed by atoms with E-state index >= 15 is 0 Å². The van der Waals surface area contributed by atoms with E-state index in [1.165, 1.54) is 141 Å². The maximum absolute atomic E-state index is 10.3. The van der Waals surface area contributed by atoms with E-state index in [1.807, 2.05) is 0 Å². The molecule has 53 heavy (non-hydrogen) atoms. The van der Waals surface area contributed by atoms with Gasteiger partial charge in [0.2, 0.25) is 0 Å². The van der Waals surface area contributed by atoms with Crippen LogP contribution in [0.4, 0.5) is 0 Å². The third-order valence-corrected chi connectivity index (χ3v) is 9.13. The Morgan fingerprint density at radius 3 is 0.736 bits per heavy atom. The van der Waals surface area contributed by atoms with E-state index in [-0.39, 0.29) is 0 Å². The highest BCUT2D eigenvalue weighted by Crippen LogP contribution is 2.17. The van der Waals surface area contributed by atoms with E-state index in [0.29, 0.717) is 12.8 Å². The van der Waals surface area contributed by atoms with Crippen LogP contribution in [0.15, 0.2) is 0 Å². The van der Waals surface area contributed by atoms with Crippen LogP contribution < -0.4 is 0 Å². The number of unbranched alkanes of at least 4 members (excludes halogenated alkanes) is 22. The molecule has 0 spiro atoms. The summed E-state index contributed by atoms with van der Waals surface area (Å²) in [6, 6.07) is 0. The molecule has 0 saturated carbocycles. The Morgan fingerprint density at radius 1 is 0.358 bits per heavy atom. The Morgan fingerprint density at radius 2 is 0.566 bits per heavy atom. The number of carbonyl (C=O) groups is 5. The molecule has 0 atom stereocenters. The van der Waals surface area contributed by atoms with Crippen molar-refractivity contribution in [1.29, 1.82) is 0 Å². The summed E-state index contributed by atoms with van der Waals surface area (Å²) in [4.78, 5) is 51.2. The van der Waals surface area contributed by atoms with Gasteiger partial charge in [0.05, 0.1) is 12.8 Å². The van der Waals surface area contributed by atoms with Gasteiger partial charge in [-0.05, 0) is 24.7 Å². The van der Waals surface area contributed by atoms with Crippen LogP contribution in [0.1, 0.15) is 220 Å². The van der Waals surface area contributed by atoms with Crippen LogP contribution in [0.2, 0.25) is 0 Å². The molecule has 0 bridgehead atoms. The first-order chi connectivity index (χ1) is 25.0. The number of aliphatic carboxylic acids is 5. The van der Waals surface area contributed by atoms with Crippen molar-refractivity contribution in [2.24, 2.45) is 11.8 Å². The summed E-state index contributed by atoms with van der Waals surface area (Å²) in [6.45, 7) is 9.23. The fraction of sp³-hybridized carbons (Fsp3) is 0.881. The fourth-order valence-corrected chi connectivity index (χ4v) is 5.91. The maximum Gasteiger partial charge on any atom is 0.336 e. The third kappa shape index (κ3) is 49.3. The molecule has 0 radical (unpaired) electrons. The van der Waals surface area contributed by atoms with Gasteiger partial charge in [-0.2, -0.15) is 0 Å². The van der Waals surface area contributed by atoms with E-state index in [9.17, 15) is 24.0 Å². The zero-order valence-corrected chi connectivity index (χ0v) is 34.1. The molecule has 0 saturated heterocycles. The molecule has 0 fully saturated rings. The van der Waals surface area contributed by atoms with Crippen LogP contribution in [0.25, 0.3) is 0 Å². The van der Waals surface area contributed by atoms with Crippen LogP contribution in [0, 0.1) is 11.8 Å². The van der Waals surface area contributed by atoms with Crippen LogP contribution in [0.5, 0.6) is 0 Å². The molecule has 314 valence electrons. The second-order valence-electron chi connectivity index (χ2n) is 15.6. The number of hydrogen-bond acceptors (Lipinski definition) is 6. The second-order valence-corrected chi connectivity index (χ2v) is 15.6. The molecular formula is C42H80O11. The van der Waals surface area contributed by atoms with Gasteiger partial charge in [0.1, 0.15) is 0 Å². The highest BCUT2D eigenvalue weighted by molar-refractivity contribution is 5.88. The topological polar surface area (TPSA) is 207 Å². The van der Waals surface area contributed by atoms with Crippen molar-refractivity contribution in [3.05, 3.63) is 0 Å². The van der Waals surface area contributed by atoms with Crippen molar-refractivity contribution in [1.82, 2.24) is 0 Å². The standard InChI is InChI=1S/2C18H36O2.C6H8O7/c2*1-17(2)15-13-11-9-7-5-3-4-6-8-10-12-14-16-18(19)20;7-3(8)1-6(13,5(11)12)2-4(9)10/h2*17H,3-16H2,1-2H3,(H,19,20);13H,1-2H2,(H,7,8)(H,9,10)(H,11,12). The van der Waals surface area contributed by atoms with E-state index in [1.54, 1.807) is 0 Å². The van der Waals surface area contributed by atoms with E-state index in [4.69, 9.17) is 30.6 Å². The van der Waals surface area contributed by atoms with Gasteiger partial charge in [-0.25, -0.2) is 4.79 Å². The monoisotopic (exact) mass is 761 g/mol. The van der Waals surface area contributed by atoms with Gasteiger partial charge in [0, 0.05) is 12.8 Å². The highest BCUT2D eigenvalue weighted by Gasteiger charge is 2.40. The van der Waals surface area contributed by atoms with Gasteiger partial charge in [-0.15, -0.1) is 0 Å². The zero-order chi connectivity index (χ0) is 40.8.